The highest BCUT2D eigenvalue weighted by molar-refractivity contribution is 8.14. The van der Waals surface area contributed by atoms with Gasteiger partial charge in [-0.2, -0.15) is 5.10 Å². The average molecular weight is 603 g/mol. The van der Waals surface area contributed by atoms with E-state index in [9.17, 15) is 27.2 Å². The van der Waals surface area contributed by atoms with Gasteiger partial charge >= 0.3 is 0 Å². The van der Waals surface area contributed by atoms with Gasteiger partial charge in [0, 0.05) is 49.0 Å². The molecule has 4 rings (SSSR count). The Labute approximate surface area is 243 Å². The molecule has 42 heavy (non-hydrogen) atoms. The second kappa shape index (κ2) is 13.4. The molecule has 2 amide bonds. The molecule has 0 aliphatic carbocycles. The molecule has 1 atom stereocenters. The number of halogens is 4. The van der Waals surface area contributed by atoms with Gasteiger partial charge in [0.05, 0.1) is 7.11 Å². The monoisotopic (exact) mass is 602 g/mol. The minimum atomic E-state index is -1.39. The number of nitrogens with one attached hydrogen (secondary N) is 2. The quantitative estimate of drug-likeness (QED) is 0.234. The Bertz CT molecular complexity index is 1510. The van der Waals surface area contributed by atoms with Crippen molar-refractivity contribution < 1.29 is 36.6 Å². The summed E-state index contributed by atoms with van der Waals surface area (Å²) in [6.45, 7) is 6.15. The van der Waals surface area contributed by atoms with Crippen LogP contribution >= 0.6 is 11.8 Å². The summed E-state index contributed by atoms with van der Waals surface area (Å²) < 4.78 is 68.0. The Hall–Kier alpha value is -4.52. The zero-order valence-electron chi connectivity index (χ0n) is 22.5. The molecule has 0 fully saturated rings. The van der Waals surface area contributed by atoms with Crippen molar-refractivity contribution >= 4 is 28.6 Å². The number of carbonyl (C=O) groups is 2. The van der Waals surface area contributed by atoms with E-state index in [-0.39, 0.29) is 29.1 Å². The first kappa shape index (κ1) is 30.4. The molecule has 1 aliphatic rings. The van der Waals surface area contributed by atoms with Crippen molar-refractivity contribution in [2.24, 2.45) is 5.10 Å². The maximum atomic E-state index is 14.6. The molecule has 220 valence electrons. The number of benzene rings is 3. The van der Waals surface area contributed by atoms with E-state index in [2.05, 4.69) is 22.3 Å². The smallest absolute Gasteiger partial charge is 0.281 e. The molecular weight excluding hydrogens is 576 g/mol. The van der Waals surface area contributed by atoms with E-state index in [1.165, 1.54) is 38.3 Å². The standard InChI is InChI=1S/C29H26F4N4O4S/c1-16(34-11-12-35-17(2)38)15-41-24-6-4-5-21(26(24)40-3)29-37(28(39)25-22(32)13-20(31)14-23(25)33)36-27(42-29)18-7-9-19(30)10-8-18/h4-10,13-14,29,34H,1,11-12,15H2,2-3H3,(H,35,38). The number of ether oxygens (including phenoxy) is 2. The molecule has 0 radical (unpaired) electrons. The molecule has 1 heterocycles. The molecule has 0 aromatic heterocycles. The van der Waals surface area contributed by atoms with Gasteiger partial charge < -0.3 is 20.1 Å². The van der Waals surface area contributed by atoms with Gasteiger partial charge in [0.2, 0.25) is 5.91 Å². The van der Waals surface area contributed by atoms with Gasteiger partial charge in [-0.05, 0) is 30.3 Å². The Morgan fingerprint density at radius 2 is 1.67 bits per heavy atom. The summed E-state index contributed by atoms with van der Waals surface area (Å²) in [6, 6.07) is 11.0. The summed E-state index contributed by atoms with van der Waals surface area (Å²) in [5.74, 6) is -5.27. The summed E-state index contributed by atoms with van der Waals surface area (Å²) in [7, 11) is 1.39. The van der Waals surface area contributed by atoms with Crippen molar-refractivity contribution in [3.05, 3.63) is 107 Å². The van der Waals surface area contributed by atoms with Crippen molar-refractivity contribution in [2.45, 2.75) is 12.3 Å². The maximum Gasteiger partial charge on any atom is 0.281 e. The molecule has 3 aromatic carbocycles. The maximum absolute atomic E-state index is 14.6. The van der Waals surface area contributed by atoms with Gasteiger partial charge in [-0.3, -0.25) is 9.59 Å². The lowest BCUT2D eigenvalue weighted by molar-refractivity contribution is -0.118. The van der Waals surface area contributed by atoms with Gasteiger partial charge in [0.15, 0.2) is 11.5 Å². The highest BCUT2D eigenvalue weighted by Crippen LogP contribution is 2.47. The number of rotatable bonds is 11. The lowest BCUT2D eigenvalue weighted by atomic mass is 10.1. The van der Waals surface area contributed by atoms with E-state index < -0.39 is 40.1 Å². The third kappa shape index (κ3) is 7.03. The first-order valence-electron chi connectivity index (χ1n) is 12.5. The van der Waals surface area contributed by atoms with Crippen LogP contribution in [0.1, 0.15) is 33.8 Å². The number of hydrazone groups is 1. The summed E-state index contributed by atoms with van der Waals surface area (Å²) in [4.78, 5) is 24.5. The second-order valence-corrected chi connectivity index (χ2v) is 10.0. The van der Waals surface area contributed by atoms with Crippen molar-refractivity contribution in [1.29, 1.82) is 0 Å². The van der Waals surface area contributed by atoms with Crippen molar-refractivity contribution in [1.82, 2.24) is 15.6 Å². The van der Waals surface area contributed by atoms with Gasteiger partial charge in [-0.15, -0.1) is 0 Å². The zero-order valence-corrected chi connectivity index (χ0v) is 23.4. The van der Waals surface area contributed by atoms with Crippen LogP contribution < -0.4 is 20.1 Å². The SMILES string of the molecule is C=C(COc1cccc(C2SC(c3ccc(F)cc3)=NN2C(=O)c2c(F)cc(F)cc2F)c1OC)NCCNC(C)=O. The first-order valence-corrected chi connectivity index (χ1v) is 13.4. The Kier molecular flexibility index (Phi) is 9.73. The first-order chi connectivity index (χ1) is 20.1. The minimum absolute atomic E-state index is 0.0314. The van der Waals surface area contributed by atoms with Crippen LogP contribution in [0.4, 0.5) is 17.6 Å². The van der Waals surface area contributed by atoms with Crippen LogP contribution in [0.15, 0.2) is 72.0 Å². The Balaban J connectivity index is 1.65. The minimum Gasteiger partial charge on any atom is -0.492 e. The largest absolute Gasteiger partial charge is 0.492 e. The normalized spacial score (nSPS) is 14.3. The zero-order chi connectivity index (χ0) is 30.4. The van der Waals surface area contributed by atoms with Crippen LogP contribution in [-0.4, -0.2) is 48.7 Å². The fourth-order valence-corrected chi connectivity index (χ4v) is 5.18. The number of methoxy groups -OCH3 is 1. The number of nitrogens with zero attached hydrogens (tertiary/aromatic N) is 2. The van der Waals surface area contributed by atoms with E-state index in [0.717, 1.165) is 16.8 Å². The molecule has 0 saturated heterocycles. The lowest BCUT2D eigenvalue weighted by Crippen LogP contribution is -2.30. The predicted octanol–water partition coefficient (Wildman–Crippen LogP) is 5.12. The van der Waals surface area contributed by atoms with Gasteiger partial charge in [-0.1, -0.05) is 30.5 Å². The van der Waals surface area contributed by atoms with Gasteiger partial charge in [0.25, 0.3) is 5.91 Å². The number of carbonyl (C=O) groups excluding carboxylic acids is 2. The van der Waals surface area contributed by atoms with Gasteiger partial charge in [-0.25, -0.2) is 22.6 Å². The summed E-state index contributed by atoms with van der Waals surface area (Å²) in [6.07, 6.45) is 0. The number of hydrogen-bond acceptors (Lipinski definition) is 7. The molecule has 0 bridgehead atoms. The highest BCUT2D eigenvalue weighted by atomic mass is 32.2. The van der Waals surface area contributed by atoms with E-state index in [1.807, 2.05) is 0 Å². The molecule has 2 N–H and O–H groups in total. The number of amides is 2. The summed E-state index contributed by atoms with van der Waals surface area (Å²) in [5, 5.41) is 10.1. The molecular formula is C29H26F4N4O4S. The van der Waals surface area contributed by atoms with Crippen molar-refractivity contribution in [3.8, 4) is 11.5 Å². The third-order valence-electron chi connectivity index (χ3n) is 5.92. The van der Waals surface area contributed by atoms with Crippen LogP contribution in [0.25, 0.3) is 0 Å². The predicted molar refractivity (Wildman–Crippen MR) is 150 cm³/mol. The van der Waals surface area contributed by atoms with E-state index in [0.29, 0.717) is 42.0 Å². The molecule has 0 saturated carbocycles. The molecule has 13 heteroatoms. The summed E-state index contributed by atoms with van der Waals surface area (Å²) >= 11 is 1.06. The Morgan fingerprint density at radius 1 is 1.00 bits per heavy atom. The van der Waals surface area contributed by atoms with Crippen LogP contribution in [0.5, 0.6) is 11.5 Å². The second-order valence-electron chi connectivity index (χ2n) is 8.96. The van der Waals surface area contributed by atoms with E-state index in [1.54, 1.807) is 18.2 Å². The van der Waals surface area contributed by atoms with E-state index >= 15 is 0 Å². The number of para-hydroxylation sites is 1. The lowest BCUT2D eigenvalue weighted by Gasteiger charge is -2.24. The van der Waals surface area contributed by atoms with Crippen LogP contribution in [0.3, 0.4) is 0 Å². The third-order valence-corrected chi connectivity index (χ3v) is 7.14. The molecule has 1 unspecified atom stereocenters. The molecule has 3 aromatic rings. The molecule has 0 spiro atoms. The van der Waals surface area contributed by atoms with Crippen molar-refractivity contribution in [3.63, 3.8) is 0 Å². The highest BCUT2D eigenvalue weighted by Gasteiger charge is 2.39. The van der Waals surface area contributed by atoms with Crippen LogP contribution in [0, 0.1) is 23.3 Å². The van der Waals surface area contributed by atoms with E-state index in [4.69, 9.17) is 9.47 Å². The summed E-state index contributed by atoms with van der Waals surface area (Å²) in [5.41, 5.74) is 0.360. The topological polar surface area (TPSA) is 92.3 Å². The van der Waals surface area contributed by atoms with Crippen LogP contribution in [-0.2, 0) is 4.79 Å². The number of thioether (sulfide) groups is 1. The fraction of sp³-hybridized carbons (Fsp3) is 0.207. The van der Waals surface area contributed by atoms with Gasteiger partial charge in [0.1, 0.15) is 45.9 Å². The Morgan fingerprint density at radius 3 is 2.31 bits per heavy atom. The van der Waals surface area contributed by atoms with Crippen LogP contribution in [0.2, 0.25) is 0 Å². The number of hydrogen-bond donors (Lipinski definition) is 2. The molecule has 1 aliphatic heterocycles. The fourth-order valence-electron chi connectivity index (χ4n) is 4.01. The molecule has 8 nitrogen and oxygen atoms in total. The average Bonchev–Trinajstić information content (AvgIpc) is 3.39. The van der Waals surface area contributed by atoms with Crippen molar-refractivity contribution in [2.75, 3.05) is 26.8 Å².